The lowest BCUT2D eigenvalue weighted by atomic mass is 10.1. The van der Waals surface area contributed by atoms with Gasteiger partial charge in [-0.2, -0.15) is 0 Å². The summed E-state index contributed by atoms with van der Waals surface area (Å²) in [5, 5.41) is 11.6. The van der Waals surface area contributed by atoms with Crippen LogP contribution in [0.15, 0.2) is 24.3 Å². The summed E-state index contributed by atoms with van der Waals surface area (Å²) < 4.78 is 1.03. The van der Waals surface area contributed by atoms with Gasteiger partial charge in [-0.25, -0.2) is 4.98 Å². The molecule has 0 saturated heterocycles. The first-order chi connectivity index (χ1) is 13.3. The fraction of sp³-hybridized carbons (Fsp3) is 0.368. The van der Waals surface area contributed by atoms with Crippen LogP contribution < -0.4 is 4.90 Å². The normalized spacial score (nSPS) is 10.9. The third-order valence-corrected chi connectivity index (χ3v) is 6.59. The zero-order valence-electron chi connectivity index (χ0n) is 16.7. The van der Waals surface area contributed by atoms with Gasteiger partial charge in [-0.05, 0) is 64.2 Å². The van der Waals surface area contributed by atoms with E-state index in [-0.39, 0.29) is 23.3 Å². The molecule has 156 valence electrons. The first-order valence-electron chi connectivity index (χ1n) is 8.85. The Morgan fingerprint density at radius 1 is 1.14 bits per heavy atom. The van der Waals surface area contributed by atoms with E-state index in [0.717, 1.165) is 45.6 Å². The van der Waals surface area contributed by atoms with Crippen molar-refractivity contribution in [1.82, 2.24) is 9.88 Å². The lowest BCUT2D eigenvalue weighted by Gasteiger charge is -2.20. The van der Waals surface area contributed by atoms with Crippen LogP contribution in [-0.2, 0) is 0 Å². The summed E-state index contributed by atoms with van der Waals surface area (Å²) in [7, 11) is 3.97. The van der Waals surface area contributed by atoms with E-state index in [2.05, 4.69) is 11.0 Å². The number of anilines is 1. The molecule has 0 fully saturated rings. The van der Waals surface area contributed by atoms with Crippen LogP contribution >= 0.6 is 35.1 Å². The zero-order valence-corrected chi connectivity index (χ0v) is 19.1. The van der Waals surface area contributed by atoms with Gasteiger partial charge in [0.1, 0.15) is 0 Å². The standard InChI is InChI=1S/C19H22N4O3S2.ClH/c1-12-6-7-14-17(13(12)2)20-19(28-14)22(11-5-10-21(3)4)18(24)15-8-9-16(27-15)23(25)26;/h6-9H,5,10-11H2,1-4H3;1H. The molecule has 1 amide bonds. The number of hydrogen-bond acceptors (Lipinski definition) is 7. The molecule has 29 heavy (non-hydrogen) atoms. The van der Waals surface area contributed by atoms with Gasteiger partial charge < -0.3 is 4.90 Å². The second kappa shape index (κ2) is 9.62. The van der Waals surface area contributed by atoms with Crippen LogP contribution in [0.1, 0.15) is 27.2 Å². The van der Waals surface area contributed by atoms with Crippen molar-refractivity contribution in [3.05, 3.63) is 50.4 Å². The SMILES string of the molecule is Cc1ccc2sc(N(CCCN(C)C)C(=O)c3ccc([N+](=O)[O-])s3)nc2c1C.Cl. The minimum atomic E-state index is -0.471. The summed E-state index contributed by atoms with van der Waals surface area (Å²) >= 11 is 2.37. The van der Waals surface area contributed by atoms with Gasteiger partial charge in [0, 0.05) is 12.6 Å². The van der Waals surface area contributed by atoms with Crippen molar-refractivity contribution in [2.45, 2.75) is 20.3 Å². The minimum Gasteiger partial charge on any atom is -0.309 e. The van der Waals surface area contributed by atoms with E-state index in [1.165, 1.54) is 23.5 Å². The summed E-state index contributed by atoms with van der Waals surface area (Å²) in [5.74, 6) is -0.245. The van der Waals surface area contributed by atoms with Crippen molar-refractivity contribution in [1.29, 1.82) is 0 Å². The van der Waals surface area contributed by atoms with Gasteiger partial charge in [0.2, 0.25) is 0 Å². The number of benzene rings is 1. The first-order valence-corrected chi connectivity index (χ1v) is 10.5. The van der Waals surface area contributed by atoms with Gasteiger partial charge in [0.05, 0.1) is 20.0 Å². The summed E-state index contributed by atoms with van der Waals surface area (Å²) in [4.78, 5) is 32.5. The number of hydrogen-bond donors (Lipinski definition) is 0. The number of nitro groups is 1. The van der Waals surface area contributed by atoms with E-state index in [9.17, 15) is 14.9 Å². The lowest BCUT2D eigenvalue weighted by Crippen LogP contribution is -2.33. The van der Waals surface area contributed by atoms with E-state index in [0.29, 0.717) is 16.6 Å². The number of halogens is 1. The lowest BCUT2D eigenvalue weighted by molar-refractivity contribution is -0.380. The van der Waals surface area contributed by atoms with Gasteiger partial charge in [-0.3, -0.25) is 19.8 Å². The average molecular weight is 455 g/mol. The van der Waals surface area contributed by atoms with E-state index in [1.807, 2.05) is 34.0 Å². The second-order valence-electron chi connectivity index (χ2n) is 6.86. The molecule has 0 saturated carbocycles. The molecule has 1 aromatic carbocycles. The van der Waals surface area contributed by atoms with Crippen molar-refractivity contribution in [2.75, 3.05) is 32.1 Å². The monoisotopic (exact) mass is 454 g/mol. The molecule has 0 spiro atoms. The molecular formula is C19H23ClN4O3S2. The fourth-order valence-corrected chi connectivity index (χ4v) is 4.65. The second-order valence-corrected chi connectivity index (χ2v) is 8.93. The molecule has 0 radical (unpaired) electrons. The molecule has 0 N–H and O–H groups in total. The van der Waals surface area contributed by atoms with Gasteiger partial charge in [-0.15, -0.1) is 12.4 Å². The number of fused-ring (bicyclic) bond motifs is 1. The topological polar surface area (TPSA) is 79.6 Å². The van der Waals surface area contributed by atoms with Crippen molar-refractivity contribution in [2.24, 2.45) is 0 Å². The highest BCUT2D eigenvalue weighted by Crippen LogP contribution is 2.34. The molecular weight excluding hydrogens is 432 g/mol. The molecule has 7 nitrogen and oxygen atoms in total. The summed E-state index contributed by atoms with van der Waals surface area (Å²) in [5.41, 5.74) is 3.17. The molecule has 3 aromatic rings. The number of carbonyl (C=O) groups excluding carboxylic acids is 1. The fourth-order valence-electron chi connectivity index (χ4n) is 2.83. The quantitative estimate of drug-likeness (QED) is 0.374. The molecule has 0 unspecified atom stereocenters. The Labute approximate surface area is 183 Å². The Hall–Kier alpha value is -2.07. The third-order valence-electron chi connectivity index (χ3n) is 4.52. The van der Waals surface area contributed by atoms with Crippen LogP contribution in [0.4, 0.5) is 10.1 Å². The highest BCUT2D eigenvalue weighted by molar-refractivity contribution is 7.22. The maximum absolute atomic E-state index is 13.2. The van der Waals surface area contributed by atoms with Crippen molar-refractivity contribution in [3.63, 3.8) is 0 Å². The Morgan fingerprint density at radius 2 is 1.86 bits per heavy atom. The number of nitrogens with zero attached hydrogens (tertiary/aromatic N) is 4. The molecule has 0 bridgehead atoms. The predicted octanol–water partition coefficient (Wildman–Crippen LogP) is 4.90. The summed E-state index contributed by atoms with van der Waals surface area (Å²) in [6, 6.07) is 6.98. The van der Waals surface area contributed by atoms with Crippen molar-refractivity contribution < 1.29 is 9.72 Å². The van der Waals surface area contributed by atoms with E-state index in [4.69, 9.17) is 4.98 Å². The maximum Gasteiger partial charge on any atom is 0.324 e. The van der Waals surface area contributed by atoms with Crippen LogP contribution in [0.25, 0.3) is 10.2 Å². The molecule has 0 aliphatic carbocycles. The number of carbonyl (C=O) groups is 1. The molecule has 0 atom stereocenters. The number of aromatic nitrogens is 1. The molecule has 3 rings (SSSR count). The van der Waals surface area contributed by atoms with Crippen LogP contribution in [0, 0.1) is 24.0 Å². The highest BCUT2D eigenvalue weighted by atomic mass is 35.5. The van der Waals surface area contributed by atoms with Gasteiger partial charge in [0.25, 0.3) is 5.91 Å². The van der Waals surface area contributed by atoms with Gasteiger partial charge >= 0.3 is 5.00 Å². The molecule has 0 aliphatic heterocycles. The predicted molar refractivity (Wildman–Crippen MR) is 122 cm³/mol. The Kier molecular flexibility index (Phi) is 7.70. The molecule has 2 aromatic heterocycles. The Morgan fingerprint density at radius 3 is 2.48 bits per heavy atom. The number of thiophene rings is 1. The minimum absolute atomic E-state index is 0. The maximum atomic E-state index is 13.2. The number of thiazole rings is 1. The zero-order chi connectivity index (χ0) is 20.4. The summed E-state index contributed by atoms with van der Waals surface area (Å²) in [6.45, 7) is 5.40. The number of aryl methyl sites for hydroxylation is 2. The van der Waals surface area contributed by atoms with Gasteiger partial charge in [0.15, 0.2) is 5.13 Å². The Balaban J connectivity index is 0.00000300. The van der Waals surface area contributed by atoms with Crippen LogP contribution in [0.5, 0.6) is 0 Å². The third kappa shape index (κ3) is 5.11. The molecule has 2 heterocycles. The van der Waals surface area contributed by atoms with Crippen LogP contribution in [0.2, 0.25) is 0 Å². The van der Waals surface area contributed by atoms with Crippen LogP contribution in [0.3, 0.4) is 0 Å². The largest absolute Gasteiger partial charge is 0.324 e. The van der Waals surface area contributed by atoms with E-state index >= 15 is 0 Å². The van der Waals surface area contributed by atoms with Crippen LogP contribution in [-0.4, -0.2) is 47.9 Å². The van der Waals surface area contributed by atoms with Crippen molar-refractivity contribution in [3.8, 4) is 0 Å². The van der Waals surface area contributed by atoms with Gasteiger partial charge in [-0.1, -0.05) is 28.7 Å². The van der Waals surface area contributed by atoms with E-state index in [1.54, 1.807) is 4.90 Å². The highest BCUT2D eigenvalue weighted by Gasteiger charge is 2.25. The van der Waals surface area contributed by atoms with Crippen molar-refractivity contribution >= 4 is 61.3 Å². The summed E-state index contributed by atoms with van der Waals surface area (Å²) in [6.07, 6.45) is 0.778. The smallest absolute Gasteiger partial charge is 0.309 e. The first kappa shape index (κ1) is 23.2. The van der Waals surface area contributed by atoms with E-state index < -0.39 is 4.92 Å². The number of amides is 1. The molecule has 0 aliphatic rings. The average Bonchev–Trinajstić information content (AvgIpc) is 3.28. The Bertz CT molecular complexity index is 1030. The number of rotatable bonds is 7. The molecule has 10 heteroatoms.